The van der Waals surface area contributed by atoms with Gasteiger partial charge in [-0.05, 0) is 80.3 Å². The first-order valence-corrected chi connectivity index (χ1v) is 14.3. The van der Waals surface area contributed by atoms with E-state index in [1.54, 1.807) is 0 Å². The van der Waals surface area contributed by atoms with E-state index in [1.807, 2.05) is 11.8 Å². The molecular formula is C35H38NS+. The summed E-state index contributed by atoms with van der Waals surface area (Å²) in [5.74, 6) is 0. The minimum atomic E-state index is 0.196. The van der Waals surface area contributed by atoms with Gasteiger partial charge in [-0.2, -0.15) is 0 Å². The molecule has 1 aliphatic heterocycles. The molecule has 0 fully saturated rings. The summed E-state index contributed by atoms with van der Waals surface area (Å²) in [5, 5.41) is 8.27. The number of aromatic nitrogens is 1. The summed E-state index contributed by atoms with van der Waals surface area (Å²) in [4.78, 5) is 2.87. The van der Waals surface area contributed by atoms with Crippen molar-refractivity contribution in [1.29, 1.82) is 0 Å². The molecule has 0 unspecified atom stereocenters. The van der Waals surface area contributed by atoms with Crippen molar-refractivity contribution in [1.82, 2.24) is 0 Å². The van der Waals surface area contributed by atoms with Gasteiger partial charge in [0.25, 0.3) is 0 Å². The number of hydrogen-bond donors (Lipinski definition) is 0. The van der Waals surface area contributed by atoms with Crippen LogP contribution in [0.15, 0.2) is 70.6 Å². The van der Waals surface area contributed by atoms with E-state index < -0.39 is 0 Å². The Bertz CT molecular complexity index is 1730. The van der Waals surface area contributed by atoms with E-state index in [0.29, 0.717) is 0 Å². The predicted octanol–water partition coefficient (Wildman–Crippen LogP) is 9.59. The Balaban J connectivity index is 1.72. The Morgan fingerprint density at radius 2 is 1.43 bits per heavy atom. The van der Waals surface area contributed by atoms with Gasteiger partial charge in [0.2, 0.25) is 5.69 Å². The van der Waals surface area contributed by atoms with Gasteiger partial charge in [0, 0.05) is 15.9 Å². The molecular weight excluding hydrogens is 466 g/mol. The second-order valence-corrected chi connectivity index (χ2v) is 14.5. The highest BCUT2D eigenvalue weighted by Crippen LogP contribution is 2.54. The second-order valence-electron chi connectivity index (χ2n) is 13.4. The number of rotatable bonds is 2. The molecule has 0 radical (unpaired) electrons. The third-order valence-electron chi connectivity index (χ3n) is 7.67. The molecule has 0 saturated heterocycles. The van der Waals surface area contributed by atoms with E-state index in [2.05, 4.69) is 121 Å². The third-order valence-corrected chi connectivity index (χ3v) is 8.95. The highest BCUT2D eigenvalue weighted by atomic mass is 32.2. The van der Waals surface area contributed by atoms with E-state index in [1.165, 1.54) is 70.1 Å². The van der Waals surface area contributed by atoms with Crippen molar-refractivity contribution in [2.24, 2.45) is 17.9 Å². The van der Waals surface area contributed by atoms with Crippen molar-refractivity contribution >= 4 is 44.1 Å². The fourth-order valence-electron chi connectivity index (χ4n) is 6.25. The summed E-state index contributed by atoms with van der Waals surface area (Å²) >= 11 is 2.02. The van der Waals surface area contributed by atoms with E-state index >= 15 is 0 Å². The molecule has 5 aromatic rings. The standard InChI is InChI=1S/C35H38NS/c1-21-25-11-9-10-12-27(25)28(20-35(5,6)7)33-29(21)31-30-23(15-16-36(31)8)18-24-17-22(19-34(2,3)4)13-14-26(24)32(30)37-33/h9-18H,19-20H2,1-8H3/q+1. The number of benzene rings is 4. The van der Waals surface area contributed by atoms with Crippen molar-refractivity contribution in [3.8, 4) is 11.3 Å². The van der Waals surface area contributed by atoms with Crippen molar-refractivity contribution in [3.63, 3.8) is 0 Å². The SMILES string of the molecule is Cc1c2c(c(CC(C)(C)C)c3ccccc13)Sc1c3ccc(CC(C)(C)C)cc3cc3cc[n+](C)c-2c13. The van der Waals surface area contributed by atoms with Crippen LogP contribution < -0.4 is 4.57 Å². The molecule has 0 amide bonds. The van der Waals surface area contributed by atoms with Gasteiger partial charge in [-0.15, -0.1) is 0 Å². The summed E-state index contributed by atoms with van der Waals surface area (Å²) in [5.41, 5.74) is 7.56. The van der Waals surface area contributed by atoms with Gasteiger partial charge in [0.15, 0.2) is 6.20 Å². The fourth-order valence-corrected chi connectivity index (χ4v) is 7.72. The van der Waals surface area contributed by atoms with Crippen molar-refractivity contribution in [2.45, 2.75) is 71.1 Å². The quantitative estimate of drug-likeness (QED) is 0.168. The molecule has 1 aliphatic rings. The van der Waals surface area contributed by atoms with Crippen LogP contribution in [0.5, 0.6) is 0 Å². The summed E-state index contributed by atoms with van der Waals surface area (Å²) in [6.45, 7) is 16.4. The van der Waals surface area contributed by atoms with Gasteiger partial charge in [-0.3, -0.25) is 0 Å². The lowest BCUT2D eigenvalue weighted by Crippen LogP contribution is -2.32. The normalized spacial score (nSPS) is 13.5. The van der Waals surface area contributed by atoms with E-state index in [0.717, 1.165) is 12.8 Å². The van der Waals surface area contributed by atoms with Crippen LogP contribution in [0.1, 0.15) is 58.2 Å². The largest absolute Gasteiger partial charge is 0.222 e. The summed E-state index contributed by atoms with van der Waals surface area (Å²) in [6.07, 6.45) is 4.39. The highest BCUT2D eigenvalue weighted by molar-refractivity contribution is 8.00. The van der Waals surface area contributed by atoms with Crippen LogP contribution in [0.3, 0.4) is 0 Å². The molecule has 1 nitrogen and oxygen atoms in total. The minimum Gasteiger partial charge on any atom is -0.200 e. The van der Waals surface area contributed by atoms with Crippen LogP contribution in [0, 0.1) is 17.8 Å². The molecule has 0 bridgehead atoms. The molecule has 2 heteroatoms. The van der Waals surface area contributed by atoms with Gasteiger partial charge in [-0.25, -0.2) is 4.57 Å². The van der Waals surface area contributed by atoms with Gasteiger partial charge < -0.3 is 0 Å². The Labute approximate surface area is 225 Å². The molecule has 0 spiro atoms. The lowest BCUT2D eigenvalue weighted by Gasteiger charge is -2.28. The van der Waals surface area contributed by atoms with Gasteiger partial charge in [0.1, 0.15) is 7.05 Å². The lowest BCUT2D eigenvalue weighted by molar-refractivity contribution is -0.659. The zero-order chi connectivity index (χ0) is 26.3. The molecule has 188 valence electrons. The summed E-state index contributed by atoms with van der Waals surface area (Å²) in [6, 6.07) is 20.9. The summed E-state index contributed by atoms with van der Waals surface area (Å²) < 4.78 is 2.35. The van der Waals surface area contributed by atoms with Crippen LogP contribution in [0.25, 0.3) is 43.6 Å². The maximum Gasteiger partial charge on any atom is 0.222 e. The van der Waals surface area contributed by atoms with Gasteiger partial charge in [-0.1, -0.05) is 95.8 Å². The molecule has 2 heterocycles. The van der Waals surface area contributed by atoms with Crippen LogP contribution in [0.4, 0.5) is 0 Å². The van der Waals surface area contributed by atoms with Crippen LogP contribution in [-0.4, -0.2) is 0 Å². The third kappa shape index (κ3) is 4.14. The number of pyridine rings is 1. The van der Waals surface area contributed by atoms with E-state index in [9.17, 15) is 0 Å². The Morgan fingerprint density at radius 3 is 2.14 bits per heavy atom. The maximum atomic E-state index is 2.43. The van der Waals surface area contributed by atoms with Crippen molar-refractivity contribution in [2.75, 3.05) is 0 Å². The number of aryl methyl sites for hydroxylation is 2. The predicted molar refractivity (Wildman–Crippen MR) is 161 cm³/mol. The molecule has 4 aromatic carbocycles. The second kappa shape index (κ2) is 8.33. The number of hydrogen-bond acceptors (Lipinski definition) is 1. The minimum absolute atomic E-state index is 0.196. The number of nitrogens with zero attached hydrogens (tertiary/aromatic N) is 1. The number of fused-ring (bicyclic) bond motifs is 5. The van der Waals surface area contributed by atoms with E-state index in [-0.39, 0.29) is 10.8 Å². The first-order chi connectivity index (χ1) is 17.4. The van der Waals surface area contributed by atoms with E-state index in [4.69, 9.17) is 0 Å². The smallest absolute Gasteiger partial charge is 0.200 e. The average molecular weight is 505 g/mol. The van der Waals surface area contributed by atoms with Gasteiger partial charge in [0.05, 0.1) is 10.9 Å². The molecule has 6 rings (SSSR count). The van der Waals surface area contributed by atoms with Crippen LogP contribution in [0.2, 0.25) is 0 Å². The zero-order valence-electron chi connectivity index (χ0n) is 23.5. The maximum absolute atomic E-state index is 2.43. The Kier molecular flexibility index (Phi) is 5.52. The van der Waals surface area contributed by atoms with Crippen LogP contribution >= 0.6 is 11.8 Å². The van der Waals surface area contributed by atoms with Crippen LogP contribution in [-0.2, 0) is 19.9 Å². The monoisotopic (exact) mass is 504 g/mol. The fraction of sp³-hybridized carbons (Fsp3) is 0.343. The van der Waals surface area contributed by atoms with Gasteiger partial charge >= 0.3 is 0 Å². The molecule has 0 aliphatic carbocycles. The highest BCUT2D eigenvalue weighted by Gasteiger charge is 2.33. The lowest BCUT2D eigenvalue weighted by atomic mass is 9.83. The first-order valence-electron chi connectivity index (χ1n) is 13.5. The average Bonchev–Trinajstić information content (AvgIpc) is 2.81. The van der Waals surface area contributed by atoms with Crippen molar-refractivity contribution in [3.05, 3.63) is 77.5 Å². The zero-order valence-corrected chi connectivity index (χ0v) is 24.4. The molecule has 0 N–H and O–H groups in total. The summed E-state index contributed by atoms with van der Waals surface area (Å²) in [7, 11) is 2.22. The molecule has 0 saturated carbocycles. The molecule has 37 heavy (non-hydrogen) atoms. The van der Waals surface area contributed by atoms with Crippen molar-refractivity contribution < 1.29 is 4.57 Å². The Morgan fingerprint density at radius 1 is 0.730 bits per heavy atom. The Hall–Kier alpha value is -2.84. The first kappa shape index (κ1) is 24.5. The topological polar surface area (TPSA) is 3.88 Å². The molecule has 1 aromatic heterocycles. The molecule has 0 atom stereocenters.